The van der Waals surface area contributed by atoms with Gasteiger partial charge in [0.1, 0.15) is 10.8 Å². The van der Waals surface area contributed by atoms with E-state index in [9.17, 15) is 9.35 Å². The second-order valence-electron chi connectivity index (χ2n) is 9.24. The van der Waals surface area contributed by atoms with Crippen LogP contribution in [0.2, 0.25) is 18.1 Å². The summed E-state index contributed by atoms with van der Waals surface area (Å²) in [6.45, 7) is 18.9. The number of aromatic amines is 1. The SMILES string of the molecule is CCc1ccc([C@@H](CO[Si](C)(C)C(C)(C)C)N[S@@+]([O-])C(C)(C)C)c(=O)[nH]1. The van der Waals surface area contributed by atoms with Crippen molar-refractivity contribution in [2.45, 2.75) is 83.8 Å². The number of hydrogen-bond donors (Lipinski definition) is 2. The number of pyridine rings is 1. The Kier molecular flexibility index (Phi) is 7.76. The Hall–Kier alpha value is -0.603. The Morgan fingerprint density at radius 1 is 1.23 bits per heavy atom. The average Bonchev–Trinajstić information content (AvgIpc) is 2.49. The van der Waals surface area contributed by atoms with Gasteiger partial charge >= 0.3 is 0 Å². The summed E-state index contributed by atoms with van der Waals surface area (Å²) in [7, 11) is -1.98. The van der Waals surface area contributed by atoms with E-state index in [1.807, 2.05) is 39.8 Å². The lowest BCUT2D eigenvalue weighted by atomic mass is 10.1. The van der Waals surface area contributed by atoms with Crippen LogP contribution in [0.5, 0.6) is 0 Å². The quantitative estimate of drug-likeness (QED) is 0.535. The molecule has 0 saturated heterocycles. The van der Waals surface area contributed by atoms with Crippen LogP contribution >= 0.6 is 0 Å². The largest absolute Gasteiger partial charge is 0.598 e. The van der Waals surface area contributed by atoms with Gasteiger partial charge in [-0.1, -0.05) is 27.7 Å². The van der Waals surface area contributed by atoms with Crippen molar-refractivity contribution >= 4 is 19.7 Å². The maximum Gasteiger partial charge on any atom is 0.253 e. The summed E-state index contributed by atoms with van der Waals surface area (Å²) in [6.07, 6.45) is 0.766. The maximum absolute atomic E-state index is 12.6. The molecule has 2 N–H and O–H groups in total. The molecule has 0 unspecified atom stereocenters. The highest BCUT2D eigenvalue weighted by Crippen LogP contribution is 2.37. The Bertz CT molecular complexity index is 647. The van der Waals surface area contributed by atoms with Crippen molar-refractivity contribution in [3.63, 3.8) is 0 Å². The number of hydrogen-bond acceptors (Lipinski definition) is 4. The Labute approximate surface area is 162 Å². The van der Waals surface area contributed by atoms with Crippen molar-refractivity contribution in [2.75, 3.05) is 6.61 Å². The average molecular weight is 401 g/mol. The summed E-state index contributed by atoms with van der Waals surface area (Å²) in [5.74, 6) is 0. The molecule has 0 aliphatic carbocycles. The minimum absolute atomic E-state index is 0.0687. The fraction of sp³-hybridized carbons (Fsp3) is 0.737. The Morgan fingerprint density at radius 2 is 1.81 bits per heavy atom. The van der Waals surface area contributed by atoms with Gasteiger partial charge in [-0.3, -0.25) is 4.79 Å². The van der Waals surface area contributed by atoms with Crippen molar-refractivity contribution in [1.82, 2.24) is 9.71 Å². The highest BCUT2D eigenvalue weighted by molar-refractivity contribution is 7.90. The molecule has 7 heteroatoms. The highest BCUT2D eigenvalue weighted by Gasteiger charge is 2.39. The molecule has 0 bridgehead atoms. The van der Waals surface area contributed by atoms with E-state index in [1.54, 1.807) is 0 Å². The second kappa shape index (κ2) is 8.60. The van der Waals surface area contributed by atoms with Crippen LogP contribution in [0.3, 0.4) is 0 Å². The van der Waals surface area contributed by atoms with Gasteiger partial charge in [0.2, 0.25) is 0 Å². The van der Waals surface area contributed by atoms with Crippen molar-refractivity contribution in [2.24, 2.45) is 0 Å². The lowest BCUT2D eigenvalue weighted by molar-refractivity contribution is 0.255. The van der Waals surface area contributed by atoms with Crippen LogP contribution in [-0.2, 0) is 22.2 Å². The molecule has 0 aromatic carbocycles. The molecule has 0 aliphatic rings. The summed E-state index contributed by atoms with van der Waals surface area (Å²) in [4.78, 5) is 15.5. The van der Waals surface area contributed by atoms with E-state index >= 15 is 0 Å². The number of nitrogens with one attached hydrogen (secondary N) is 2. The lowest BCUT2D eigenvalue weighted by Gasteiger charge is -2.37. The fourth-order valence-corrected chi connectivity index (χ4v) is 3.83. The third-order valence-electron chi connectivity index (χ3n) is 4.98. The number of rotatable bonds is 7. The number of aromatic nitrogens is 1. The molecule has 5 nitrogen and oxygen atoms in total. The van der Waals surface area contributed by atoms with E-state index < -0.39 is 30.5 Å². The topological polar surface area (TPSA) is 77.2 Å². The molecule has 2 atom stereocenters. The molecule has 1 heterocycles. The molecule has 0 aliphatic heterocycles. The zero-order chi connectivity index (χ0) is 20.3. The predicted molar refractivity (Wildman–Crippen MR) is 113 cm³/mol. The molecule has 0 fully saturated rings. The van der Waals surface area contributed by atoms with Crippen molar-refractivity contribution in [1.29, 1.82) is 0 Å². The van der Waals surface area contributed by atoms with E-state index in [2.05, 4.69) is 43.6 Å². The van der Waals surface area contributed by atoms with Crippen LogP contribution in [-0.4, -0.2) is 29.2 Å². The van der Waals surface area contributed by atoms with E-state index in [4.69, 9.17) is 4.43 Å². The van der Waals surface area contributed by atoms with Crippen LogP contribution in [0.1, 0.15) is 65.8 Å². The maximum atomic E-state index is 12.6. The third kappa shape index (κ3) is 6.23. The van der Waals surface area contributed by atoms with E-state index in [0.29, 0.717) is 12.2 Å². The first-order chi connectivity index (χ1) is 11.7. The van der Waals surface area contributed by atoms with Crippen LogP contribution in [0.4, 0.5) is 0 Å². The van der Waals surface area contributed by atoms with E-state index in [-0.39, 0.29) is 10.6 Å². The van der Waals surface area contributed by atoms with Crippen molar-refractivity contribution < 1.29 is 8.98 Å². The van der Waals surface area contributed by atoms with Gasteiger partial charge in [-0.15, -0.1) is 4.72 Å². The highest BCUT2D eigenvalue weighted by atomic mass is 32.2. The smallest absolute Gasteiger partial charge is 0.253 e. The predicted octanol–water partition coefficient (Wildman–Crippen LogP) is 4.05. The zero-order valence-electron chi connectivity index (χ0n) is 17.8. The molecule has 0 spiro atoms. The normalized spacial score (nSPS) is 15.8. The fourth-order valence-electron chi connectivity index (χ4n) is 2.01. The summed E-state index contributed by atoms with van der Waals surface area (Å²) in [5, 5.41) is 0.0687. The molecular formula is C19H36N2O3SSi. The van der Waals surface area contributed by atoms with Gasteiger partial charge in [-0.05, 0) is 57.5 Å². The molecule has 0 saturated carbocycles. The number of H-pyrrole nitrogens is 1. The minimum atomic E-state index is -1.98. The number of aryl methyl sites for hydroxylation is 1. The van der Waals surface area contributed by atoms with Gasteiger partial charge in [0.15, 0.2) is 8.32 Å². The van der Waals surface area contributed by atoms with Gasteiger partial charge < -0.3 is 14.0 Å². The third-order valence-corrected chi connectivity index (χ3v) is 11.1. The molecule has 1 rings (SSSR count). The molecule has 0 amide bonds. The van der Waals surface area contributed by atoms with Gasteiger partial charge in [0.05, 0.1) is 6.61 Å². The first-order valence-corrected chi connectivity index (χ1v) is 13.3. The molecule has 150 valence electrons. The minimum Gasteiger partial charge on any atom is -0.598 e. The first-order valence-electron chi connectivity index (χ1n) is 9.23. The first kappa shape index (κ1) is 23.4. The Balaban J connectivity index is 3.13. The zero-order valence-corrected chi connectivity index (χ0v) is 19.6. The summed E-state index contributed by atoms with van der Waals surface area (Å²) >= 11 is -1.30. The lowest BCUT2D eigenvalue weighted by Crippen LogP contribution is -2.47. The van der Waals surface area contributed by atoms with Crippen molar-refractivity contribution in [3.05, 3.63) is 33.7 Å². The van der Waals surface area contributed by atoms with Crippen LogP contribution in [0.15, 0.2) is 16.9 Å². The van der Waals surface area contributed by atoms with Crippen molar-refractivity contribution in [3.8, 4) is 0 Å². The summed E-state index contributed by atoms with van der Waals surface area (Å²) < 4.78 is 21.7. The summed E-state index contributed by atoms with van der Waals surface area (Å²) in [6, 6.07) is 3.32. The van der Waals surface area contributed by atoms with Crippen LogP contribution < -0.4 is 10.3 Å². The Morgan fingerprint density at radius 3 is 2.23 bits per heavy atom. The van der Waals surface area contributed by atoms with E-state index in [1.165, 1.54) is 0 Å². The van der Waals surface area contributed by atoms with Gasteiger partial charge in [0, 0.05) is 22.6 Å². The van der Waals surface area contributed by atoms with Crippen LogP contribution in [0.25, 0.3) is 0 Å². The standard InChI is InChI=1S/C19H36N2O3SSi/c1-10-14-11-12-15(17(22)20-14)16(21-25(23)18(2,3)4)13-24-26(8,9)19(5,6)7/h11-12,16,21H,10,13H2,1-9H3,(H,20,22)/t16-,25+/m1/s1. The van der Waals surface area contributed by atoms with Gasteiger partial charge in [-0.25, -0.2) is 0 Å². The van der Waals surface area contributed by atoms with Gasteiger partial charge in [-0.2, -0.15) is 0 Å². The molecular weight excluding hydrogens is 364 g/mol. The van der Waals surface area contributed by atoms with E-state index in [0.717, 1.165) is 12.1 Å². The van der Waals surface area contributed by atoms with Gasteiger partial charge in [0.25, 0.3) is 5.56 Å². The molecule has 26 heavy (non-hydrogen) atoms. The molecule has 1 aromatic rings. The van der Waals surface area contributed by atoms with Crippen LogP contribution in [0, 0.1) is 0 Å². The molecule has 0 radical (unpaired) electrons. The summed E-state index contributed by atoms with van der Waals surface area (Å²) in [5.41, 5.74) is 1.31. The second-order valence-corrected chi connectivity index (χ2v) is 16.1. The monoisotopic (exact) mass is 400 g/mol. The molecule has 1 aromatic heterocycles.